The molecule has 5 nitrogen and oxygen atoms in total. The van der Waals surface area contributed by atoms with Crippen molar-refractivity contribution in [3.63, 3.8) is 0 Å². The lowest BCUT2D eigenvalue weighted by molar-refractivity contribution is -0.162. The summed E-state index contributed by atoms with van der Waals surface area (Å²) in [5.74, 6) is -0.163. The molecule has 1 aliphatic rings. The van der Waals surface area contributed by atoms with E-state index < -0.39 is 5.60 Å². The Morgan fingerprint density at radius 2 is 1.68 bits per heavy atom. The number of carbonyl (C=O) groups excluding carboxylic acids is 2. The van der Waals surface area contributed by atoms with Crippen molar-refractivity contribution >= 4 is 11.9 Å². The van der Waals surface area contributed by atoms with E-state index in [1.165, 1.54) is 0 Å². The van der Waals surface area contributed by atoms with Gasteiger partial charge in [0.25, 0.3) is 0 Å². The molecule has 1 aromatic rings. The first-order valence-corrected chi connectivity index (χ1v) is 8.92. The van der Waals surface area contributed by atoms with Crippen LogP contribution in [0.25, 0.3) is 0 Å². The standard InChI is InChI=1S/C20H30N2O3/c1-20(2,3)25-19(24)16-11-13-22(14-12-16)18(23)17(21(4)5)15-9-7-6-8-10-15/h6-10,16-17H,11-14H2,1-5H3. The third-order valence-electron chi connectivity index (χ3n) is 4.41. The highest BCUT2D eigenvalue weighted by Gasteiger charge is 2.34. The molecule has 138 valence electrons. The molecule has 25 heavy (non-hydrogen) atoms. The molecule has 1 unspecified atom stereocenters. The van der Waals surface area contributed by atoms with Gasteiger partial charge in [0.2, 0.25) is 5.91 Å². The topological polar surface area (TPSA) is 49.9 Å². The molecule has 0 N–H and O–H groups in total. The Morgan fingerprint density at radius 3 is 2.16 bits per heavy atom. The van der Waals surface area contributed by atoms with Gasteiger partial charge < -0.3 is 9.64 Å². The lowest BCUT2D eigenvalue weighted by atomic mass is 9.95. The van der Waals surface area contributed by atoms with Crippen LogP contribution in [0.3, 0.4) is 0 Å². The highest BCUT2D eigenvalue weighted by molar-refractivity contribution is 5.83. The molecule has 5 heteroatoms. The molecule has 1 aromatic carbocycles. The van der Waals surface area contributed by atoms with Crippen LogP contribution in [-0.4, -0.2) is 54.5 Å². The molecule has 0 aliphatic carbocycles. The quantitative estimate of drug-likeness (QED) is 0.787. The van der Waals surface area contributed by atoms with Crippen LogP contribution in [-0.2, 0) is 14.3 Å². The second-order valence-electron chi connectivity index (χ2n) is 7.91. The molecule has 0 radical (unpaired) electrons. The number of carbonyl (C=O) groups is 2. The first kappa shape index (κ1) is 19.4. The Bertz CT molecular complexity index is 585. The third-order valence-corrected chi connectivity index (χ3v) is 4.41. The van der Waals surface area contributed by atoms with Gasteiger partial charge in [-0.25, -0.2) is 0 Å². The van der Waals surface area contributed by atoms with Gasteiger partial charge in [0.15, 0.2) is 0 Å². The van der Waals surface area contributed by atoms with Crippen molar-refractivity contribution in [2.75, 3.05) is 27.2 Å². The van der Waals surface area contributed by atoms with Gasteiger partial charge in [0.05, 0.1) is 5.92 Å². The van der Waals surface area contributed by atoms with E-state index in [4.69, 9.17) is 4.74 Å². The number of ether oxygens (including phenoxy) is 1. The third kappa shape index (κ3) is 5.30. The molecule has 1 heterocycles. The first-order chi connectivity index (χ1) is 11.7. The molecule has 0 bridgehead atoms. The summed E-state index contributed by atoms with van der Waals surface area (Å²) in [6.07, 6.45) is 1.32. The molecule has 1 saturated heterocycles. The predicted molar refractivity (Wildman–Crippen MR) is 98.0 cm³/mol. The van der Waals surface area contributed by atoms with E-state index in [0.717, 1.165) is 5.56 Å². The Labute approximate surface area is 150 Å². The fourth-order valence-electron chi connectivity index (χ4n) is 3.19. The van der Waals surface area contributed by atoms with E-state index in [2.05, 4.69) is 0 Å². The van der Waals surface area contributed by atoms with Gasteiger partial charge in [0, 0.05) is 13.1 Å². The predicted octanol–water partition coefficient (Wildman–Crippen LogP) is 2.87. The van der Waals surface area contributed by atoms with Crippen LogP contribution in [0.15, 0.2) is 30.3 Å². The smallest absolute Gasteiger partial charge is 0.309 e. The van der Waals surface area contributed by atoms with Gasteiger partial charge in [-0.15, -0.1) is 0 Å². The first-order valence-electron chi connectivity index (χ1n) is 8.92. The lowest BCUT2D eigenvalue weighted by Crippen LogP contribution is -2.46. The maximum atomic E-state index is 13.0. The SMILES string of the molecule is CN(C)C(C(=O)N1CCC(C(=O)OC(C)(C)C)CC1)c1ccccc1. The molecule has 0 spiro atoms. The molecule has 1 atom stereocenters. The number of likely N-dealkylation sites (N-methyl/N-ethyl adjacent to an activating group) is 1. The van der Waals surface area contributed by atoms with E-state index >= 15 is 0 Å². The molecule has 1 aliphatic heterocycles. The summed E-state index contributed by atoms with van der Waals surface area (Å²) in [6, 6.07) is 9.53. The summed E-state index contributed by atoms with van der Waals surface area (Å²) in [5, 5.41) is 0. The second kappa shape index (κ2) is 8.00. The Morgan fingerprint density at radius 1 is 1.12 bits per heavy atom. The average Bonchev–Trinajstić information content (AvgIpc) is 2.54. The van der Waals surface area contributed by atoms with Crippen LogP contribution in [0, 0.1) is 5.92 Å². The number of esters is 1. The number of piperidine rings is 1. The number of likely N-dealkylation sites (tertiary alicyclic amines) is 1. The zero-order chi connectivity index (χ0) is 18.6. The molecule has 0 aromatic heterocycles. The van der Waals surface area contributed by atoms with Crippen molar-refractivity contribution < 1.29 is 14.3 Å². The normalized spacial score (nSPS) is 17.4. The van der Waals surface area contributed by atoms with Gasteiger partial charge in [-0.1, -0.05) is 30.3 Å². The van der Waals surface area contributed by atoms with Gasteiger partial charge in [-0.05, 0) is 53.3 Å². The average molecular weight is 346 g/mol. The van der Waals surface area contributed by atoms with Crippen LogP contribution in [0.2, 0.25) is 0 Å². The zero-order valence-electron chi connectivity index (χ0n) is 16.0. The van der Waals surface area contributed by atoms with Crippen LogP contribution in [0.1, 0.15) is 45.2 Å². The van der Waals surface area contributed by atoms with Crippen LogP contribution >= 0.6 is 0 Å². The minimum Gasteiger partial charge on any atom is -0.460 e. The van der Waals surface area contributed by atoms with Gasteiger partial charge in [-0.2, -0.15) is 0 Å². The van der Waals surface area contributed by atoms with Crippen molar-refractivity contribution in [2.45, 2.75) is 45.3 Å². The number of amides is 1. The maximum Gasteiger partial charge on any atom is 0.309 e. The molecular formula is C20H30N2O3. The van der Waals surface area contributed by atoms with Crippen LogP contribution < -0.4 is 0 Å². The van der Waals surface area contributed by atoms with E-state index in [1.54, 1.807) is 0 Å². The number of hydrogen-bond acceptors (Lipinski definition) is 4. The minimum atomic E-state index is -0.465. The fourth-order valence-corrected chi connectivity index (χ4v) is 3.19. The lowest BCUT2D eigenvalue weighted by Gasteiger charge is -2.36. The number of nitrogens with zero attached hydrogens (tertiary/aromatic N) is 2. The highest BCUT2D eigenvalue weighted by atomic mass is 16.6. The van der Waals surface area contributed by atoms with E-state index in [0.29, 0.717) is 25.9 Å². The molecule has 1 fully saturated rings. The Kier molecular flexibility index (Phi) is 6.22. The fraction of sp³-hybridized carbons (Fsp3) is 0.600. The number of benzene rings is 1. The Balaban J connectivity index is 1.99. The Hall–Kier alpha value is -1.88. The number of hydrogen-bond donors (Lipinski definition) is 0. The summed E-state index contributed by atoms with van der Waals surface area (Å²) in [5.41, 5.74) is 0.527. The highest BCUT2D eigenvalue weighted by Crippen LogP contribution is 2.26. The number of rotatable bonds is 4. The largest absolute Gasteiger partial charge is 0.460 e. The van der Waals surface area contributed by atoms with Crippen molar-refractivity contribution in [3.05, 3.63) is 35.9 Å². The van der Waals surface area contributed by atoms with Crippen molar-refractivity contribution in [2.24, 2.45) is 5.92 Å². The van der Waals surface area contributed by atoms with E-state index in [-0.39, 0.29) is 23.8 Å². The molecule has 1 amide bonds. The van der Waals surface area contributed by atoms with Crippen molar-refractivity contribution in [3.8, 4) is 0 Å². The van der Waals surface area contributed by atoms with E-state index in [1.807, 2.05) is 75.0 Å². The van der Waals surface area contributed by atoms with E-state index in [9.17, 15) is 9.59 Å². The second-order valence-corrected chi connectivity index (χ2v) is 7.91. The van der Waals surface area contributed by atoms with Gasteiger partial charge >= 0.3 is 5.97 Å². The van der Waals surface area contributed by atoms with Crippen molar-refractivity contribution in [1.29, 1.82) is 0 Å². The minimum absolute atomic E-state index is 0.0961. The monoisotopic (exact) mass is 346 g/mol. The van der Waals surface area contributed by atoms with Gasteiger partial charge in [-0.3, -0.25) is 14.5 Å². The summed E-state index contributed by atoms with van der Waals surface area (Å²) in [7, 11) is 3.84. The van der Waals surface area contributed by atoms with Crippen LogP contribution in [0.5, 0.6) is 0 Å². The molecular weight excluding hydrogens is 316 g/mol. The molecule has 2 rings (SSSR count). The summed E-state index contributed by atoms with van der Waals surface area (Å²) >= 11 is 0. The van der Waals surface area contributed by atoms with Crippen LogP contribution in [0.4, 0.5) is 0 Å². The summed E-state index contributed by atoms with van der Waals surface area (Å²) in [6.45, 7) is 6.83. The van der Waals surface area contributed by atoms with Gasteiger partial charge in [0.1, 0.15) is 11.6 Å². The summed E-state index contributed by atoms with van der Waals surface area (Å²) < 4.78 is 5.48. The zero-order valence-corrected chi connectivity index (χ0v) is 16.0. The maximum absolute atomic E-state index is 13.0. The van der Waals surface area contributed by atoms with Crippen molar-refractivity contribution in [1.82, 2.24) is 9.80 Å². The molecule has 0 saturated carbocycles. The summed E-state index contributed by atoms with van der Waals surface area (Å²) in [4.78, 5) is 29.0.